The third-order valence-corrected chi connectivity index (χ3v) is 2.31. The van der Waals surface area contributed by atoms with Gasteiger partial charge in [-0.1, -0.05) is 12.1 Å². The molecule has 2 N–H and O–H groups in total. The molecule has 2 nitrogen and oxygen atoms in total. The number of hydrogen-bond acceptors (Lipinski definition) is 2. The summed E-state index contributed by atoms with van der Waals surface area (Å²) in [6.45, 7) is 1.75. The number of aryl methyl sites for hydroxylation is 1. The van der Waals surface area contributed by atoms with Crippen LogP contribution in [0.2, 0.25) is 0 Å². The topological polar surface area (TPSA) is 40.5 Å². The summed E-state index contributed by atoms with van der Waals surface area (Å²) in [6, 6.07) is 4.42. The van der Waals surface area contributed by atoms with Crippen molar-refractivity contribution in [3.63, 3.8) is 0 Å². The Labute approximate surface area is 86.9 Å². The summed E-state index contributed by atoms with van der Waals surface area (Å²) in [5.41, 5.74) is 0.836. The van der Waals surface area contributed by atoms with Crippen molar-refractivity contribution >= 4 is 11.6 Å². The van der Waals surface area contributed by atoms with Gasteiger partial charge < -0.3 is 10.2 Å². The number of halogens is 2. The Morgan fingerprint density at radius 3 is 2.57 bits per heavy atom. The third kappa shape index (κ3) is 2.44. The molecule has 0 aromatic heterocycles. The maximum Gasteiger partial charge on any atom is 0.129 e. The van der Waals surface area contributed by atoms with E-state index in [0.29, 0.717) is 0 Å². The van der Waals surface area contributed by atoms with Crippen molar-refractivity contribution in [2.45, 2.75) is 19.1 Å². The Morgan fingerprint density at radius 1 is 1.43 bits per heavy atom. The minimum Gasteiger partial charge on any atom is -0.389 e. The molecule has 0 amide bonds. The predicted molar refractivity (Wildman–Crippen MR) is 52.8 cm³/mol. The SMILES string of the molecule is Cc1ccc(C(O)C(O)CCl)c(F)c1. The summed E-state index contributed by atoms with van der Waals surface area (Å²) in [5.74, 6) is -0.657. The number of rotatable bonds is 3. The van der Waals surface area contributed by atoms with Gasteiger partial charge in [0.2, 0.25) is 0 Å². The fourth-order valence-corrected chi connectivity index (χ4v) is 1.33. The molecule has 0 saturated carbocycles. The van der Waals surface area contributed by atoms with Crippen molar-refractivity contribution in [1.82, 2.24) is 0 Å². The van der Waals surface area contributed by atoms with Crippen molar-refractivity contribution in [2.24, 2.45) is 0 Å². The zero-order chi connectivity index (χ0) is 10.7. The Morgan fingerprint density at radius 2 is 2.07 bits per heavy atom. The van der Waals surface area contributed by atoms with Crippen LogP contribution in [0.3, 0.4) is 0 Å². The van der Waals surface area contributed by atoms with Gasteiger partial charge in [0, 0.05) is 5.56 Å². The van der Waals surface area contributed by atoms with E-state index in [1.807, 2.05) is 0 Å². The highest BCUT2D eigenvalue weighted by Crippen LogP contribution is 2.21. The fourth-order valence-electron chi connectivity index (χ4n) is 1.16. The van der Waals surface area contributed by atoms with Crippen LogP contribution >= 0.6 is 11.6 Å². The van der Waals surface area contributed by atoms with E-state index in [2.05, 4.69) is 0 Å². The van der Waals surface area contributed by atoms with Gasteiger partial charge in [-0.2, -0.15) is 0 Å². The van der Waals surface area contributed by atoms with E-state index in [4.69, 9.17) is 11.6 Å². The molecule has 78 valence electrons. The summed E-state index contributed by atoms with van der Waals surface area (Å²) >= 11 is 5.35. The van der Waals surface area contributed by atoms with Gasteiger partial charge in [-0.15, -0.1) is 11.6 Å². The molecule has 0 heterocycles. The molecular weight excluding hydrogens is 207 g/mol. The van der Waals surface area contributed by atoms with Gasteiger partial charge in [-0.3, -0.25) is 0 Å². The van der Waals surface area contributed by atoms with E-state index in [9.17, 15) is 14.6 Å². The van der Waals surface area contributed by atoms with Crippen LogP contribution in [0.15, 0.2) is 18.2 Å². The first kappa shape index (κ1) is 11.4. The summed E-state index contributed by atoms with van der Waals surface area (Å²) in [4.78, 5) is 0. The smallest absolute Gasteiger partial charge is 0.129 e. The molecule has 2 atom stereocenters. The Bertz CT molecular complexity index is 317. The van der Waals surface area contributed by atoms with Gasteiger partial charge in [0.05, 0.1) is 12.0 Å². The van der Waals surface area contributed by atoms with E-state index in [1.165, 1.54) is 12.1 Å². The quantitative estimate of drug-likeness (QED) is 0.760. The van der Waals surface area contributed by atoms with Crippen molar-refractivity contribution in [3.8, 4) is 0 Å². The molecule has 14 heavy (non-hydrogen) atoms. The number of aliphatic hydroxyl groups is 2. The van der Waals surface area contributed by atoms with Crippen LogP contribution in [0.5, 0.6) is 0 Å². The first-order valence-electron chi connectivity index (χ1n) is 4.24. The largest absolute Gasteiger partial charge is 0.389 e. The van der Waals surface area contributed by atoms with Crippen LogP contribution in [0.4, 0.5) is 4.39 Å². The van der Waals surface area contributed by atoms with E-state index < -0.39 is 18.0 Å². The normalized spacial score (nSPS) is 15.2. The summed E-state index contributed by atoms with van der Waals surface area (Å²) in [7, 11) is 0. The summed E-state index contributed by atoms with van der Waals surface area (Å²) in [6.07, 6.45) is -2.41. The second-order valence-corrected chi connectivity index (χ2v) is 3.50. The maximum atomic E-state index is 13.3. The second-order valence-electron chi connectivity index (χ2n) is 3.19. The molecule has 1 aromatic carbocycles. The second kappa shape index (κ2) is 4.73. The van der Waals surface area contributed by atoms with Gasteiger partial charge in [-0.25, -0.2) is 4.39 Å². The van der Waals surface area contributed by atoms with Crippen molar-refractivity contribution in [2.75, 3.05) is 5.88 Å². The predicted octanol–water partition coefficient (Wildman–Crippen LogP) is 1.77. The van der Waals surface area contributed by atoms with E-state index in [-0.39, 0.29) is 11.4 Å². The molecule has 1 rings (SSSR count). The molecule has 1 aromatic rings. The molecule has 0 fully saturated rings. The Balaban J connectivity index is 2.95. The molecule has 0 radical (unpaired) electrons. The minimum absolute atomic E-state index is 0.0729. The third-order valence-electron chi connectivity index (χ3n) is 2.00. The van der Waals surface area contributed by atoms with Gasteiger partial charge >= 0.3 is 0 Å². The highest BCUT2D eigenvalue weighted by molar-refractivity contribution is 6.18. The minimum atomic E-state index is -1.27. The van der Waals surface area contributed by atoms with Crippen LogP contribution in [0, 0.1) is 12.7 Å². The van der Waals surface area contributed by atoms with Crippen LogP contribution in [0.25, 0.3) is 0 Å². The lowest BCUT2D eigenvalue weighted by Crippen LogP contribution is -2.20. The molecule has 0 aliphatic carbocycles. The summed E-state index contributed by atoms with van der Waals surface area (Å²) in [5, 5.41) is 18.7. The van der Waals surface area contributed by atoms with Crippen LogP contribution < -0.4 is 0 Å². The first-order valence-corrected chi connectivity index (χ1v) is 4.78. The lowest BCUT2D eigenvalue weighted by atomic mass is 10.0. The van der Waals surface area contributed by atoms with Crippen molar-refractivity contribution in [1.29, 1.82) is 0 Å². The molecule has 2 unspecified atom stereocenters. The Kier molecular flexibility index (Phi) is 3.86. The molecule has 0 aliphatic heterocycles. The molecule has 0 bridgehead atoms. The first-order chi connectivity index (χ1) is 6.56. The molecule has 0 saturated heterocycles. The van der Waals surface area contributed by atoms with Gasteiger partial charge in [-0.05, 0) is 18.6 Å². The zero-order valence-corrected chi connectivity index (χ0v) is 8.50. The van der Waals surface area contributed by atoms with Gasteiger partial charge in [0.1, 0.15) is 11.9 Å². The monoisotopic (exact) mass is 218 g/mol. The highest BCUT2D eigenvalue weighted by Gasteiger charge is 2.20. The van der Waals surface area contributed by atoms with Crippen LogP contribution in [0.1, 0.15) is 17.2 Å². The van der Waals surface area contributed by atoms with E-state index in [1.54, 1.807) is 13.0 Å². The molecular formula is C10H12ClFO2. The van der Waals surface area contributed by atoms with Crippen molar-refractivity contribution in [3.05, 3.63) is 35.1 Å². The Hall–Kier alpha value is -0.640. The fraction of sp³-hybridized carbons (Fsp3) is 0.400. The van der Waals surface area contributed by atoms with Crippen LogP contribution in [-0.2, 0) is 0 Å². The lowest BCUT2D eigenvalue weighted by Gasteiger charge is -2.16. The number of benzene rings is 1. The maximum absolute atomic E-state index is 13.3. The average molecular weight is 219 g/mol. The molecule has 0 aliphatic rings. The van der Waals surface area contributed by atoms with Crippen LogP contribution in [-0.4, -0.2) is 22.2 Å². The highest BCUT2D eigenvalue weighted by atomic mass is 35.5. The van der Waals surface area contributed by atoms with Gasteiger partial charge in [0.15, 0.2) is 0 Å². The lowest BCUT2D eigenvalue weighted by molar-refractivity contribution is 0.0304. The van der Waals surface area contributed by atoms with E-state index >= 15 is 0 Å². The molecule has 0 spiro atoms. The summed E-state index contributed by atoms with van der Waals surface area (Å²) < 4.78 is 13.3. The number of alkyl halides is 1. The standard InChI is InChI=1S/C10H12ClFO2/c1-6-2-3-7(8(12)4-6)10(14)9(13)5-11/h2-4,9-10,13-14H,5H2,1H3. The zero-order valence-electron chi connectivity index (χ0n) is 7.74. The number of aliphatic hydroxyl groups excluding tert-OH is 2. The van der Waals surface area contributed by atoms with Gasteiger partial charge in [0.25, 0.3) is 0 Å². The van der Waals surface area contributed by atoms with E-state index in [0.717, 1.165) is 5.56 Å². The average Bonchev–Trinajstić information content (AvgIpc) is 2.15. The molecule has 4 heteroatoms. The van der Waals surface area contributed by atoms with Crippen molar-refractivity contribution < 1.29 is 14.6 Å². The number of hydrogen-bond donors (Lipinski definition) is 2.